The Labute approximate surface area is 183 Å². The number of aromatic nitrogens is 1. The molecule has 1 fully saturated rings. The molecule has 0 spiro atoms. The first-order valence-electron chi connectivity index (χ1n) is 10.6. The van der Waals surface area contributed by atoms with Crippen molar-refractivity contribution in [1.29, 1.82) is 0 Å². The van der Waals surface area contributed by atoms with Crippen LogP contribution in [-0.2, 0) is 11.2 Å². The highest BCUT2D eigenvalue weighted by Gasteiger charge is 2.29. The van der Waals surface area contributed by atoms with Gasteiger partial charge >= 0.3 is 0 Å². The SMILES string of the molecule is Cc1cc(C)cc(-c2ccccc2C[C@@H]2CN(C(=O)c3cccnc3)CCNC2=O)c1. The highest BCUT2D eigenvalue weighted by atomic mass is 16.2. The summed E-state index contributed by atoms with van der Waals surface area (Å²) in [4.78, 5) is 31.6. The molecule has 2 amide bonds. The smallest absolute Gasteiger partial charge is 0.255 e. The quantitative estimate of drug-likeness (QED) is 0.708. The van der Waals surface area contributed by atoms with Gasteiger partial charge in [-0.25, -0.2) is 0 Å². The zero-order valence-corrected chi connectivity index (χ0v) is 18.0. The first kappa shape index (κ1) is 20.8. The fraction of sp³-hybridized carbons (Fsp3) is 0.269. The number of carbonyl (C=O) groups is 2. The van der Waals surface area contributed by atoms with Crippen LogP contribution in [0, 0.1) is 19.8 Å². The number of aryl methyl sites for hydroxylation is 2. The molecular weight excluding hydrogens is 386 g/mol. The third-order valence-corrected chi connectivity index (χ3v) is 5.70. The number of hydrogen-bond donors (Lipinski definition) is 1. The molecule has 2 aromatic carbocycles. The van der Waals surface area contributed by atoms with Crippen molar-refractivity contribution in [2.24, 2.45) is 5.92 Å². The van der Waals surface area contributed by atoms with Gasteiger partial charge in [0.25, 0.3) is 5.91 Å². The van der Waals surface area contributed by atoms with Gasteiger partial charge in [0.05, 0.1) is 11.5 Å². The van der Waals surface area contributed by atoms with Gasteiger partial charge in [-0.15, -0.1) is 0 Å². The third kappa shape index (κ3) is 4.82. The van der Waals surface area contributed by atoms with Crippen LogP contribution in [0.3, 0.4) is 0 Å². The summed E-state index contributed by atoms with van der Waals surface area (Å²) >= 11 is 0. The maximum Gasteiger partial charge on any atom is 0.255 e. The average molecular weight is 414 g/mol. The van der Waals surface area contributed by atoms with Gasteiger partial charge in [-0.3, -0.25) is 14.6 Å². The second-order valence-corrected chi connectivity index (χ2v) is 8.22. The monoisotopic (exact) mass is 413 g/mol. The van der Waals surface area contributed by atoms with E-state index in [0.29, 0.717) is 31.6 Å². The number of rotatable bonds is 4. The van der Waals surface area contributed by atoms with Crippen molar-refractivity contribution in [3.8, 4) is 11.1 Å². The van der Waals surface area contributed by atoms with E-state index in [-0.39, 0.29) is 17.7 Å². The van der Waals surface area contributed by atoms with Crippen LogP contribution >= 0.6 is 0 Å². The zero-order valence-electron chi connectivity index (χ0n) is 18.0. The van der Waals surface area contributed by atoms with E-state index < -0.39 is 0 Å². The lowest BCUT2D eigenvalue weighted by Gasteiger charge is -2.24. The Morgan fingerprint density at radius 2 is 1.87 bits per heavy atom. The molecule has 2 heterocycles. The summed E-state index contributed by atoms with van der Waals surface area (Å²) in [6.45, 7) is 5.54. The molecule has 3 aromatic rings. The van der Waals surface area contributed by atoms with Crippen LogP contribution in [0.2, 0.25) is 0 Å². The van der Waals surface area contributed by atoms with Gasteiger partial charge in [-0.05, 0) is 49.1 Å². The van der Waals surface area contributed by atoms with E-state index in [2.05, 4.69) is 54.5 Å². The standard InChI is InChI=1S/C26H27N3O2/c1-18-12-19(2)14-22(13-18)24-8-4-3-6-20(24)15-23-17-29(11-10-28-25(23)30)26(31)21-7-5-9-27-16-21/h3-9,12-14,16,23H,10-11,15,17H2,1-2H3,(H,28,30)/t23-/m1/s1. The molecular formula is C26H27N3O2. The van der Waals surface area contributed by atoms with E-state index in [0.717, 1.165) is 16.7 Å². The van der Waals surface area contributed by atoms with Gasteiger partial charge in [-0.2, -0.15) is 0 Å². The van der Waals surface area contributed by atoms with E-state index in [1.807, 2.05) is 12.1 Å². The molecule has 0 unspecified atom stereocenters. The van der Waals surface area contributed by atoms with Crippen LogP contribution in [0.4, 0.5) is 0 Å². The first-order chi connectivity index (χ1) is 15.0. The van der Waals surface area contributed by atoms with E-state index in [9.17, 15) is 9.59 Å². The fourth-order valence-corrected chi connectivity index (χ4v) is 4.29. The Balaban J connectivity index is 1.61. The summed E-state index contributed by atoms with van der Waals surface area (Å²) < 4.78 is 0. The predicted molar refractivity (Wildman–Crippen MR) is 122 cm³/mol. The van der Waals surface area contributed by atoms with Crippen LogP contribution in [0.5, 0.6) is 0 Å². The summed E-state index contributed by atoms with van der Waals surface area (Å²) in [5, 5.41) is 2.98. The molecule has 1 saturated heterocycles. The molecule has 5 heteroatoms. The Bertz CT molecular complexity index is 1070. The second-order valence-electron chi connectivity index (χ2n) is 8.22. The molecule has 31 heavy (non-hydrogen) atoms. The van der Waals surface area contributed by atoms with Crippen LogP contribution in [0.15, 0.2) is 67.0 Å². The Morgan fingerprint density at radius 3 is 2.61 bits per heavy atom. The van der Waals surface area contributed by atoms with Gasteiger partial charge < -0.3 is 10.2 Å². The highest BCUT2D eigenvalue weighted by Crippen LogP contribution is 2.28. The van der Waals surface area contributed by atoms with Gasteiger partial charge in [-0.1, -0.05) is 53.6 Å². The average Bonchev–Trinajstić information content (AvgIpc) is 2.95. The van der Waals surface area contributed by atoms with E-state index in [1.54, 1.807) is 29.4 Å². The van der Waals surface area contributed by atoms with Crippen LogP contribution in [0.1, 0.15) is 27.0 Å². The molecule has 1 aliphatic heterocycles. The van der Waals surface area contributed by atoms with Gasteiger partial charge in [0.15, 0.2) is 0 Å². The van der Waals surface area contributed by atoms with Crippen molar-refractivity contribution in [2.75, 3.05) is 19.6 Å². The van der Waals surface area contributed by atoms with E-state index in [1.165, 1.54) is 11.1 Å². The van der Waals surface area contributed by atoms with Crippen LogP contribution in [-0.4, -0.2) is 41.3 Å². The first-order valence-corrected chi connectivity index (χ1v) is 10.6. The molecule has 1 aromatic heterocycles. The second kappa shape index (κ2) is 9.13. The van der Waals surface area contributed by atoms with Gasteiger partial charge in [0.2, 0.25) is 5.91 Å². The lowest BCUT2D eigenvalue weighted by molar-refractivity contribution is -0.124. The molecule has 0 aliphatic carbocycles. The number of amides is 2. The number of benzene rings is 2. The number of nitrogens with zero attached hydrogens (tertiary/aromatic N) is 2. The van der Waals surface area contributed by atoms with Gasteiger partial charge in [0.1, 0.15) is 0 Å². The minimum Gasteiger partial charge on any atom is -0.354 e. The lowest BCUT2D eigenvalue weighted by atomic mass is 9.90. The Hall–Kier alpha value is -3.47. The van der Waals surface area contributed by atoms with Crippen molar-refractivity contribution < 1.29 is 9.59 Å². The summed E-state index contributed by atoms with van der Waals surface area (Å²) in [5.41, 5.74) is 6.38. The third-order valence-electron chi connectivity index (χ3n) is 5.70. The maximum atomic E-state index is 13.0. The summed E-state index contributed by atoms with van der Waals surface area (Å²) in [5.74, 6) is -0.399. The molecule has 1 N–H and O–H groups in total. The topological polar surface area (TPSA) is 62.3 Å². The van der Waals surface area contributed by atoms with Crippen LogP contribution in [0.25, 0.3) is 11.1 Å². The molecule has 1 aliphatic rings. The maximum absolute atomic E-state index is 13.0. The van der Waals surface area contributed by atoms with Crippen molar-refractivity contribution in [1.82, 2.24) is 15.2 Å². The molecule has 0 bridgehead atoms. The minimum atomic E-state index is -0.310. The zero-order chi connectivity index (χ0) is 21.8. The molecule has 0 radical (unpaired) electrons. The van der Waals surface area contributed by atoms with Crippen molar-refractivity contribution in [2.45, 2.75) is 20.3 Å². The predicted octanol–water partition coefficient (Wildman–Crippen LogP) is 3.80. The molecule has 158 valence electrons. The summed E-state index contributed by atoms with van der Waals surface area (Å²) in [6, 6.07) is 18.3. The lowest BCUT2D eigenvalue weighted by Crippen LogP contribution is -2.37. The molecule has 4 rings (SSSR count). The highest BCUT2D eigenvalue weighted by molar-refractivity contribution is 5.94. The van der Waals surface area contributed by atoms with E-state index >= 15 is 0 Å². The Kier molecular flexibility index (Phi) is 6.12. The normalized spacial score (nSPS) is 16.5. The Morgan fingerprint density at radius 1 is 1.10 bits per heavy atom. The van der Waals surface area contributed by atoms with Crippen molar-refractivity contribution in [3.05, 3.63) is 89.2 Å². The number of pyridine rings is 1. The van der Waals surface area contributed by atoms with Crippen molar-refractivity contribution in [3.63, 3.8) is 0 Å². The summed E-state index contributed by atoms with van der Waals surface area (Å²) in [7, 11) is 0. The molecule has 1 atom stereocenters. The van der Waals surface area contributed by atoms with E-state index in [4.69, 9.17) is 0 Å². The number of hydrogen-bond acceptors (Lipinski definition) is 3. The fourth-order valence-electron chi connectivity index (χ4n) is 4.29. The minimum absolute atomic E-state index is 0.00304. The van der Waals surface area contributed by atoms with Crippen molar-refractivity contribution >= 4 is 11.8 Å². The van der Waals surface area contributed by atoms with Crippen LogP contribution < -0.4 is 5.32 Å². The summed E-state index contributed by atoms with van der Waals surface area (Å²) in [6.07, 6.45) is 3.80. The largest absolute Gasteiger partial charge is 0.354 e. The van der Waals surface area contributed by atoms with Gasteiger partial charge in [0, 0.05) is 32.0 Å². The molecule has 5 nitrogen and oxygen atoms in total. The number of carbonyl (C=O) groups excluding carboxylic acids is 2. The molecule has 0 saturated carbocycles. The number of nitrogens with one attached hydrogen (secondary N) is 1.